The molecule has 0 aromatic heterocycles. The van der Waals surface area contributed by atoms with Gasteiger partial charge in [0.25, 0.3) is 5.91 Å². The standard InChI is InChI=1S/C14H13F3N2O/c1-2-3-4-5-19-10(7-18)8-6-9(15)12(16)13(17)11(8)14(19)20/h6,10H,2-5H2,1H3. The summed E-state index contributed by atoms with van der Waals surface area (Å²) in [5.74, 6) is -5.32. The molecule has 3 nitrogen and oxygen atoms in total. The number of unbranched alkanes of at least 4 members (excludes halogenated alkanes) is 2. The number of nitrogens with zero attached hydrogens (tertiary/aromatic N) is 2. The highest BCUT2D eigenvalue weighted by Crippen LogP contribution is 2.36. The van der Waals surface area contributed by atoms with E-state index < -0.39 is 35.0 Å². The predicted molar refractivity (Wildman–Crippen MR) is 65.2 cm³/mol. The summed E-state index contributed by atoms with van der Waals surface area (Å²) < 4.78 is 40.2. The number of carbonyl (C=O) groups is 1. The van der Waals surface area contributed by atoms with Crippen LogP contribution in [0.4, 0.5) is 13.2 Å². The molecule has 1 aromatic rings. The molecule has 1 heterocycles. The highest BCUT2D eigenvalue weighted by molar-refractivity contribution is 6.00. The summed E-state index contributed by atoms with van der Waals surface area (Å²) in [4.78, 5) is 13.3. The Kier molecular flexibility index (Phi) is 3.98. The molecule has 0 aliphatic carbocycles. The Hall–Kier alpha value is -2.03. The Labute approximate surface area is 114 Å². The quantitative estimate of drug-likeness (QED) is 0.628. The van der Waals surface area contributed by atoms with Crippen LogP contribution in [0.15, 0.2) is 6.07 Å². The van der Waals surface area contributed by atoms with E-state index in [0.717, 1.165) is 18.9 Å². The van der Waals surface area contributed by atoms with Gasteiger partial charge in [0, 0.05) is 12.1 Å². The Morgan fingerprint density at radius 2 is 2.00 bits per heavy atom. The van der Waals surface area contributed by atoms with Crippen LogP contribution in [0.5, 0.6) is 0 Å². The second-order valence-electron chi connectivity index (χ2n) is 4.69. The average Bonchev–Trinajstić information content (AvgIpc) is 2.69. The molecule has 1 aliphatic rings. The summed E-state index contributed by atoms with van der Waals surface area (Å²) in [6, 6.07) is 1.53. The summed E-state index contributed by atoms with van der Waals surface area (Å²) in [5.41, 5.74) is -0.614. The van der Waals surface area contributed by atoms with Crippen molar-refractivity contribution in [3.05, 3.63) is 34.6 Å². The fourth-order valence-corrected chi connectivity index (χ4v) is 2.38. The second-order valence-corrected chi connectivity index (χ2v) is 4.69. The van der Waals surface area contributed by atoms with Gasteiger partial charge in [0.15, 0.2) is 17.5 Å². The zero-order chi connectivity index (χ0) is 14.9. The third-order valence-corrected chi connectivity index (χ3v) is 3.40. The van der Waals surface area contributed by atoms with Gasteiger partial charge >= 0.3 is 0 Å². The fourth-order valence-electron chi connectivity index (χ4n) is 2.38. The number of hydrogen-bond donors (Lipinski definition) is 0. The molecule has 106 valence electrons. The molecule has 20 heavy (non-hydrogen) atoms. The molecular formula is C14H13F3N2O. The number of nitriles is 1. The third kappa shape index (κ3) is 2.13. The van der Waals surface area contributed by atoms with Crippen LogP contribution in [0, 0.1) is 28.8 Å². The van der Waals surface area contributed by atoms with E-state index in [1.165, 1.54) is 4.90 Å². The minimum Gasteiger partial charge on any atom is -0.318 e. The molecule has 1 atom stereocenters. The maximum absolute atomic E-state index is 13.7. The Bertz CT molecular complexity index is 595. The summed E-state index contributed by atoms with van der Waals surface area (Å²) in [6.45, 7) is 2.25. The third-order valence-electron chi connectivity index (χ3n) is 3.40. The van der Waals surface area contributed by atoms with Crippen molar-refractivity contribution >= 4 is 5.91 Å². The number of rotatable bonds is 4. The van der Waals surface area contributed by atoms with Crippen molar-refractivity contribution in [2.75, 3.05) is 6.54 Å². The zero-order valence-electron chi connectivity index (χ0n) is 10.9. The number of amides is 1. The molecule has 0 bridgehead atoms. The lowest BCUT2D eigenvalue weighted by Crippen LogP contribution is -2.28. The molecule has 2 rings (SSSR count). The van der Waals surface area contributed by atoms with Gasteiger partial charge in [0.2, 0.25) is 0 Å². The van der Waals surface area contributed by atoms with E-state index in [9.17, 15) is 18.0 Å². The smallest absolute Gasteiger partial charge is 0.258 e. The van der Waals surface area contributed by atoms with Gasteiger partial charge < -0.3 is 4.90 Å². The zero-order valence-corrected chi connectivity index (χ0v) is 10.9. The predicted octanol–water partition coefficient (Wildman–Crippen LogP) is 3.31. The SMILES string of the molecule is CCCCCN1C(=O)c2c(cc(F)c(F)c2F)C1C#N. The molecular weight excluding hydrogens is 269 g/mol. The van der Waals surface area contributed by atoms with Gasteiger partial charge in [-0.2, -0.15) is 5.26 Å². The molecule has 1 aromatic carbocycles. The van der Waals surface area contributed by atoms with E-state index >= 15 is 0 Å². The maximum Gasteiger partial charge on any atom is 0.258 e. The number of halogens is 3. The van der Waals surface area contributed by atoms with E-state index in [4.69, 9.17) is 5.26 Å². The maximum atomic E-state index is 13.7. The molecule has 1 amide bonds. The van der Waals surface area contributed by atoms with Crippen molar-refractivity contribution in [3.63, 3.8) is 0 Å². The summed E-state index contributed by atoms with van der Waals surface area (Å²) in [6.07, 6.45) is 2.42. The Morgan fingerprint density at radius 1 is 1.30 bits per heavy atom. The van der Waals surface area contributed by atoms with Crippen molar-refractivity contribution < 1.29 is 18.0 Å². The lowest BCUT2D eigenvalue weighted by atomic mass is 10.0. The fraction of sp³-hybridized carbons (Fsp3) is 0.429. The molecule has 0 saturated carbocycles. The van der Waals surface area contributed by atoms with Gasteiger partial charge in [-0.1, -0.05) is 19.8 Å². The van der Waals surface area contributed by atoms with Crippen LogP contribution in [0.1, 0.15) is 48.1 Å². The summed E-state index contributed by atoms with van der Waals surface area (Å²) >= 11 is 0. The number of benzene rings is 1. The van der Waals surface area contributed by atoms with E-state index in [0.29, 0.717) is 6.42 Å². The van der Waals surface area contributed by atoms with Gasteiger partial charge in [0.1, 0.15) is 6.04 Å². The van der Waals surface area contributed by atoms with E-state index in [1.807, 2.05) is 13.0 Å². The summed E-state index contributed by atoms with van der Waals surface area (Å²) in [7, 11) is 0. The van der Waals surface area contributed by atoms with Crippen LogP contribution in [0.3, 0.4) is 0 Å². The van der Waals surface area contributed by atoms with Crippen molar-refractivity contribution in [2.24, 2.45) is 0 Å². The number of carbonyl (C=O) groups excluding carboxylic acids is 1. The minimum atomic E-state index is -1.68. The first kappa shape index (κ1) is 14.4. The van der Waals surface area contributed by atoms with Crippen molar-refractivity contribution in [2.45, 2.75) is 32.2 Å². The van der Waals surface area contributed by atoms with Crippen molar-refractivity contribution in [3.8, 4) is 6.07 Å². The Balaban J connectivity index is 2.42. The molecule has 1 unspecified atom stereocenters. The van der Waals surface area contributed by atoms with Gasteiger partial charge in [-0.25, -0.2) is 13.2 Å². The summed E-state index contributed by atoms with van der Waals surface area (Å²) in [5, 5.41) is 9.13. The van der Waals surface area contributed by atoms with Crippen LogP contribution in [-0.4, -0.2) is 17.4 Å². The first-order valence-corrected chi connectivity index (χ1v) is 6.40. The first-order valence-electron chi connectivity index (χ1n) is 6.40. The highest BCUT2D eigenvalue weighted by Gasteiger charge is 2.40. The van der Waals surface area contributed by atoms with Crippen molar-refractivity contribution in [1.82, 2.24) is 4.90 Å². The monoisotopic (exact) mass is 282 g/mol. The number of fused-ring (bicyclic) bond motifs is 1. The van der Waals surface area contributed by atoms with Crippen molar-refractivity contribution in [1.29, 1.82) is 5.26 Å². The molecule has 6 heteroatoms. The normalized spacial score (nSPS) is 17.2. The van der Waals surface area contributed by atoms with Crippen LogP contribution < -0.4 is 0 Å². The second kappa shape index (κ2) is 5.53. The molecule has 0 saturated heterocycles. The van der Waals surface area contributed by atoms with Gasteiger partial charge in [-0.05, 0) is 12.5 Å². The van der Waals surface area contributed by atoms with Crippen LogP contribution >= 0.6 is 0 Å². The highest BCUT2D eigenvalue weighted by atomic mass is 19.2. The lowest BCUT2D eigenvalue weighted by molar-refractivity contribution is 0.0750. The molecule has 0 N–H and O–H groups in total. The van der Waals surface area contributed by atoms with Gasteiger partial charge in [-0.3, -0.25) is 4.79 Å². The minimum absolute atomic E-state index is 0.0922. The molecule has 0 radical (unpaired) electrons. The van der Waals surface area contributed by atoms with Crippen LogP contribution in [0.2, 0.25) is 0 Å². The van der Waals surface area contributed by atoms with Crippen LogP contribution in [-0.2, 0) is 0 Å². The largest absolute Gasteiger partial charge is 0.318 e. The van der Waals surface area contributed by atoms with E-state index in [2.05, 4.69) is 0 Å². The van der Waals surface area contributed by atoms with E-state index in [1.54, 1.807) is 0 Å². The molecule has 0 fully saturated rings. The topological polar surface area (TPSA) is 44.1 Å². The van der Waals surface area contributed by atoms with E-state index in [-0.39, 0.29) is 12.1 Å². The first-order chi connectivity index (χ1) is 9.52. The van der Waals surface area contributed by atoms with Crippen LogP contribution in [0.25, 0.3) is 0 Å². The Morgan fingerprint density at radius 3 is 2.60 bits per heavy atom. The lowest BCUT2D eigenvalue weighted by Gasteiger charge is -2.19. The molecule has 1 aliphatic heterocycles. The van der Waals surface area contributed by atoms with Gasteiger partial charge in [0.05, 0.1) is 11.6 Å². The van der Waals surface area contributed by atoms with Gasteiger partial charge in [-0.15, -0.1) is 0 Å². The molecule has 0 spiro atoms. The average molecular weight is 282 g/mol. The number of hydrogen-bond acceptors (Lipinski definition) is 2.